The standard InChI is InChI=1S/C10H16N4O/c1-2-8-4-3-5-14(6-8)10(15)9-11-7-12-13-9/h7-8H,2-6H2,1H3,(H,11,12,13). The Bertz CT molecular complexity index is 322. The second-order valence-electron chi connectivity index (χ2n) is 4.00. The van der Waals surface area contributed by atoms with E-state index < -0.39 is 0 Å². The van der Waals surface area contributed by atoms with E-state index in [0.717, 1.165) is 25.9 Å². The van der Waals surface area contributed by atoms with Gasteiger partial charge < -0.3 is 4.90 Å². The minimum atomic E-state index is -0.0225. The number of aromatic amines is 1. The molecular weight excluding hydrogens is 192 g/mol. The van der Waals surface area contributed by atoms with Gasteiger partial charge in [-0.15, -0.1) is 0 Å². The van der Waals surface area contributed by atoms with E-state index in [1.54, 1.807) is 0 Å². The van der Waals surface area contributed by atoms with Crippen LogP contribution in [0.1, 0.15) is 36.8 Å². The molecular formula is C10H16N4O. The fourth-order valence-electron chi connectivity index (χ4n) is 2.04. The van der Waals surface area contributed by atoms with Crippen LogP contribution < -0.4 is 0 Å². The number of likely N-dealkylation sites (tertiary alicyclic amines) is 1. The third-order valence-corrected chi connectivity index (χ3v) is 3.00. The number of H-pyrrole nitrogens is 1. The maximum absolute atomic E-state index is 11.9. The number of hydrogen-bond acceptors (Lipinski definition) is 3. The van der Waals surface area contributed by atoms with E-state index in [0.29, 0.717) is 11.7 Å². The number of carbonyl (C=O) groups excluding carboxylic acids is 1. The highest BCUT2D eigenvalue weighted by Crippen LogP contribution is 2.19. The van der Waals surface area contributed by atoms with Crippen LogP contribution in [-0.4, -0.2) is 39.1 Å². The summed E-state index contributed by atoms with van der Waals surface area (Å²) in [6, 6.07) is 0. The van der Waals surface area contributed by atoms with Gasteiger partial charge in [-0.25, -0.2) is 4.98 Å². The van der Waals surface area contributed by atoms with E-state index in [1.165, 1.54) is 12.7 Å². The zero-order chi connectivity index (χ0) is 10.7. The van der Waals surface area contributed by atoms with Crippen LogP contribution in [-0.2, 0) is 0 Å². The number of aromatic nitrogens is 3. The summed E-state index contributed by atoms with van der Waals surface area (Å²) in [6.07, 6.45) is 4.84. The molecule has 0 radical (unpaired) electrons. The number of hydrogen-bond donors (Lipinski definition) is 1. The molecule has 2 heterocycles. The summed E-state index contributed by atoms with van der Waals surface area (Å²) in [5.74, 6) is 0.975. The SMILES string of the molecule is CCC1CCCN(C(=O)c2ncn[nH]2)C1. The van der Waals surface area contributed by atoms with Crippen molar-refractivity contribution in [2.24, 2.45) is 5.92 Å². The van der Waals surface area contributed by atoms with Gasteiger partial charge in [0.15, 0.2) is 0 Å². The number of carbonyl (C=O) groups is 1. The van der Waals surface area contributed by atoms with Crippen LogP contribution in [0.3, 0.4) is 0 Å². The van der Waals surface area contributed by atoms with Gasteiger partial charge >= 0.3 is 0 Å². The Balaban J connectivity index is 2.01. The number of nitrogens with one attached hydrogen (secondary N) is 1. The predicted octanol–water partition coefficient (Wildman–Crippen LogP) is 1.07. The van der Waals surface area contributed by atoms with Crippen molar-refractivity contribution in [2.45, 2.75) is 26.2 Å². The maximum Gasteiger partial charge on any atom is 0.291 e. The van der Waals surface area contributed by atoms with E-state index in [9.17, 15) is 4.79 Å². The van der Waals surface area contributed by atoms with E-state index >= 15 is 0 Å². The van der Waals surface area contributed by atoms with Crippen molar-refractivity contribution in [3.8, 4) is 0 Å². The normalized spacial score (nSPS) is 21.7. The third-order valence-electron chi connectivity index (χ3n) is 3.00. The van der Waals surface area contributed by atoms with Gasteiger partial charge in [0.2, 0.25) is 5.82 Å². The molecule has 0 aromatic carbocycles. The van der Waals surface area contributed by atoms with E-state index in [4.69, 9.17) is 0 Å². The molecule has 5 heteroatoms. The van der Waals surface area contributed by atoms with Crippen LogP contribution in [0.15, 0.2) is 6.33 Å². The van der Waals surface area contributed by atoms with Gasteiger partial charge in [-0.3, -0.25) is 9.89 Å². The first kappa shape index (κ1) is 10.1. The molecule has 1 N–H and O–H groups in total. The van der Waals surface area contributed by atoms with Crippen molar-refractivity contribution in [2.75, 3.05) is 13.1 Å². The Morgan fingerprint density at radius 1 is 1.73 bits per heavy atom. The van der Waals surface area contributed by atoms with E-state index in [2.05, 4.69) is 22.1 Å². The molecule has 1 atom stereocenters. The Kier molecular flexibility index (Phi) is 2.99. The summed E-state index contributed by atoms with van der Waals surface area (Å²) in [4.78, 5) is 17.7. The van der Waals surface area contributed by atoms with Crippen LogP contribution in [0.5, 0.6) is 0 Å². The number of rotatable bonds is 2. The molecule has 5 nitrogen and oxygen atoms in total. The van der Waals surface area contributed by atoms with E-state index in [-0.39, 0.29) is 5.91 Å². The highest BCUT2D eigenvalue weighted by molar-refractivity contribution is 5.90. The van der Waals surface area contributed by atoms with Crippen molar-refractivity contribution < 1.29 is 4.79 Å². The molecule has 82 valence electrons. The summed E-state index contributed by atoms with van der Waals surface area (Å²) in [7, 11) is 0. The molecule has 1 aliphatic rings. The first-order valence-corrected chi connectivity index (χ1v) is 5.46. The van der Waals surface area contributed by atoms with Crippen LogP contribution in [0.4, 0.5) is 0 Å². The van der Waals surface area contributed by atoms with Gasteiger partial charge in [0, 0.05) is 13.1 Å². The zero-order valence-corrected chi connectivity index (χ0v) is 8.94. The lowest BCUT2D eigenvalue weighted by molar-refractivity contribution is 0.0659. The minimum Gasteiger partial charge on any atom is -0.336 e. The lowest BCUT2D eigenvalue weighted by Gasteiger charge is -2.31. The molecule has 1 amide bonds. The largest absolute Gasteiger partial charge is 0.336 e. The fourth-order valence-corrected chi connectivity index (χ4v) is 2.04. The van der Waals surface area contributed by atoms with E-state index in [1.807, 2.05) is 4.90 Å². The molecule has 0 saturated carbocycles. The summed E-state index contributed by atoms with van der Waals surface area (Å²) in [6.45, 7) is 3.87. The fraction of sp³-hybridized carbons (Fsp3) is 0.700. The van der Waals surface area contributed by atoms with Gasteiger partial charge in [0.05, 0.1) is 0 Å². The van der Waals surface area contributed by atoms with Crippen molar-refractivity contribution in [3.63, 3.8) is 0 Å². The van der Waals surface area contributed by atoms with Crippen molar-refractivity contribution in [1.29, 1.82) is 0 Å². The van der Waals surface area contributed by atoms with Crippen LogP contribution >= 0.6 is 0 Å². The summed E-state index contributed by atoms with van der Waals surface area (Å²) < 4.78 is 0. The second kappa shape index (κ2) is 4.42. The van der Waals surface area contributed by atoms with Crippen molar-refractivity contribution >= 4 is 5.91 Å². The lowest BCUT2D eigenvalue weighted by atomic mass is 9.95. The highest BCUT2D eigenvalue weighted by Gasteiger charge is 2.24. The highest BCUT2D eigenvalue weighted by atomic mass is 16.2. The molecule has 1 aromatic heterocycles. The van der Waals surface area contributed by atoms with Gasteiger partial charge in [-0.2, -0.15) is 5.10 Å². The molecule has 1 unspecified atom stereocenters. The summed E-state index contributed by atoms with van der Waals surface area (Å²) in [5, 5.41) is 6.31. The van der Waals surface area contributed by atoms with Gasteiger partial charge in [-0.05, 0) is 18.8 Å². The average Bonchev–Trinajstić information content (AvgIpc) is 2.81. The number of nitrogens with zero attached hydrogens (tertiary/aromatic N) is 3. The van der Waals surface area contributed by atoms with Crippen LogP contribution in [0, 0.1) is 5.92 Å². The van der Waals surface area contributed by atoms with Gasteiger partial charge in [0.25, 0.3) is 5.91 Å². The average molecular weight is 208 g/mol. The topological polar surface area (TPSA) is 61.9 Å². The van der Waals surface area contributed by atoms with Gasteiger partial charge in [0.1, 0.15) is 6.33 Å². The quantitative estimate of drug-likeness (QED) is 0.790. The zero-order valence-electron chi connectivity index (χ0n) is 8.94. The summed E-state index contributed by atoms with van der Waals surface area (Å²) in [5.41, 5.74) is 0. The molecule has 1 fully saturated rings. The second-order valence-corrected chi connectivity index (χ2v) is 4.00. The molecule has 1 aliphatic heterocycles. The Labute approximate surface area is 88.9 Å². The summed E-state index contributed by atoms with van der Waals surface area (Å²) >= 11 is 0. The Hall–Kier alpha value is -1.39. The molecule has 0 aliphatic carbocycles. The first-order chi connectivity index (χ1) is 7.31. The smallest absolute Gasteiger partial charge is 0.291 e. The molecule has 1 aromatic rings. The number of piperidine rings is 1. The van der Waals surface area contributed by atoms with Crippen LogP contribution in [0.2, 0.25) is 0 Å². The Morgan fingerprint density at radius 2 is 2.60 bits per heavy atom. The molecule has 0 bridgehead atoms. The lowest BCUT2D eigenvalue weighted by Crippen LogP contribution is -2.40. The maximum atomic E-state index is 11.9. The number of amides is 1. The molecule has 15 heavy (non-hydrogen) atoms. The van der Waals surface area contributed by atoms with Gasteiger partial charge in [-0.1, -0.05) is 13.3 Å². The van der Waals surface area contributed by atoms with Crippen LogP contribution in [0.25, 0.3) is 0 Å². The molecule has 0 spiro atoms. The molecule has 1 saturated heterocycles. The molecule has 2 rings (SSSR count). The third kappa shape index (κ3) is 2.16. The van der Waals surface area contributed by atoms with Crippen molar-refractivity contribution in [3.05, 3.63) is 12.2 Å². The predicted molar refractivity (Wildman–Crippen MR) is 55.3 cm³/mol. The first-order valence-electron chi connectivity index (χ1n) is 5.46. The Morgan fingerprint density at radius 3 is 3.27 bits per heavy atom. The monoisotopic (exact) mass is 208 g/mol. The van der Waals surface area contributed by atoms with Crippen molar-refractivity contribution in [1.82, 2.24) is 20.1 Å². The minimum absolute atomic E-state index is 0.0225.